The van der Waals surface area contributed by atoms with Gasteiger partial charge in [0, 0.05) is 45.2 Å². The molecule has 1 fully saturated rings. The van der Waals surface area contributed by atoms with Crippen molar-refractivity contribution in [1.82, 2.24) is 19.9 Å². The van der Waals surface area contributed by atoms with Crippen molar-refractivity contribution in [1.29, 1.82) is 0 Å². The molecule has 2 heterocycles. The Morgan fingerprint density at radius 1 is 1.07 bits per heavy atom. The molecule has 3 amide bonds. The van der Waals surface area contributed by atoms with Crippen LogP contribution in [0.1, 0.15) is 74.3 Å². The number of unbranched alkanes of at least 4 members (excludes halogenated alkanes) is 1. The molecular weight excluding hydrogens is 604 g/mol. The monoisotopic (exact) mass is 648 g/mol. The summed E-state index contributed by atoms with van der Waals surface area (Å²) in [5.74, 6) is 1.58. The van der Waals surface area contributed by atoms with Crippen molar-refractivity contribution in [2.75, 3.05) is 25.9 Å². The number of amides is 3. The van der Waals surface area contributed by atoms with Gasteiger partial charge in [0.2, 0.25) is 0 Å². The molecule has 3 aromatic rings. The zero-order chi connectivity index (χ0) is 33.2. The second-order valence-corrected chi connectivity index (χ2v) is 14.3. The Balaban J connectivity index is 1.54. The predicted molar refractivity (Wildman–Crippen MR) is 178 cm³/mol. The highest BCUT2D eigenvalue weighted by Crippen LogP contribution is 2.40. The van der Waals surface area contributed by atoms with Gasteiger partial charge in [-0.15, -0.1) is 0 Å². The summed E-state index contributed by atoms with van der Waals surface area (Å²) >= 11 is 0. The van der Waals surface area contributed by atoms with Gasteiger partial charge in [0.1, 0.15) is 17.1 Å². The molecule has 0 atom stereocenters. The van der Waals surface area contributed by atoms with Gasteiger partial charge in [0.05, 0.1) is 11.4 Å². The van der Waals surface area contributed by atoms with Gasteiger partial charge in [-0.1, -0.05) is 67.7 Å². The van der Waals surface area contributed by atoms with Gasteiger partial charge in [0.15, 0.2) is 5.82 Å². The molecule has 46 heavy (non-hydrogen) atoms. The third-order valence-corrected chi connectivity index (χ3v) is 10.4. The highest BCUT2D eigenvalue weighted by molar-refractivity contribution is 7.92. The average Bonchev–Trinajstić information content (AvgIpc) is 3.70. The first-order valence-electron chi connectivity index (χ1n) is 15.9. The molecule has 12 heteroatoms. The van der Waals surface area contributed by atoms with E-state index in [4.69, 9.17) is 9.52 Å². The lowest BCUT2D eigenvalue weighted by Gasteiger charge is -2.25. The van der Waals surface area contributed by atoms with Crippen LogP contribution < -0.4 is 4.72 Å². The van der Waals surface area contributed by atoms with E-state index in [1.165, 1.54) is 4.90 Å². The van der Waals surface area contributed by atoms with E-state index in [9.17, 15) is 18.0 Å². The van der Waals surface area contributed by atoms with Gasteiger partial charge in [-0.05, 0) is 55.9 Å². The second-order valence-electron chi connectivity index (χ2n) is 12.6. The van der Waals surface area contributed by atoms with Crippen LogP contribution in [-0.2, 0) is 27.9 Å². The number of rotatable bonds is 11. The molecular formula is C34H44N6O5S. The molecule has 246 valence electrons. The molecule has 5 rings (SSSR count). The van der Waals surface area contributed by atoms with Crippen molar-refractivity contribution in [3.63, 3.8) is 0 Å². The standard InChI is InChI=1S/C34H44N6O5S/c1-7-8-15-30-35-34(18-11-12-19-34)32(41)40(30)21-25-16-17-27(26(20-25)22-39(6)33(42)38(4)5)28-13-9-10-14-29(28)46(43,44)37-31-23(2)24(3)45-36-31/h9-10,13-14,16-17,20H,7-8,11-12,15,18-19,21-22H2,1-6H3,(H,36,37). The van der Waals surface area contributed by atoms with Crippen molar-refractivity contribution in [3.05, 3.63) is 64.9 Å². The Bertz CT molecular complexity index is 1760. The second kappa shape index (κ2) is 13.3. The Labute approximate surface area is 271 Å². The summed E-state index contributed by atoms with van der Waals surface area (Å²) in [5, 5.41) is 3.88. The summed E-state index contributed by atoms with van der Waals surface area (Å²) in [7, 11) is 1.01. The summed E-state index contributed by atoms with van der Waals surface area (Å²) < 4.78 is 35.2. The number of urea groups is 1. The van der Waals surface area contributed by atoms with E-state index in [0.717, 1.165) is 61.9 Å². The van der Waals surface area contributed by atoms with Crippen LogP contribution in [0.3, 0.4) is 0 Å². The number of nitrogens with zero attached hydrogens (tertiary/aromatic N) is 5. The van der Waals surface area contributed by atoms with Crippen molar-refractivity contribution in [3.8, 4) is 11.1 Å². The fourth-order valence-corrected chi connectivity index (χ4v) is 7.58. The summed E-state index contributed by atoms with van der Waals surface area (Å²) in [6.45, 7) is 6.16. The zero-order valence-electron chi connectivity index (χ0n) is 27.6. The Morgan fingerprint density at radius 3 is 2.43 bits per heavy atom. The minimum Gasteiger partial charge on any atom is -0.359 e. The van der Waals surface area contributed by atoms with Crippen LogP contribution in [0.15, 0.2) is 56.9 Å². The largest absolute Gasteiger partial charge is 0.359 e. The van der Waals surface area contributed by atoms with E-state index < -0.39 is 15.6 Å². The summed E-state index contributed by atoms with van der Waals surface area (Å²) in [6, 6.07) is 12.4. The molecule has 0 bridgehead atoms. The van der Waals surface area contributed by atoms with Crippen molar-refractivity contribution >= 4 is 33.6 Å². The van der Waals surface area contributed by atoms with E-state index in [-0.39, 0.29) is 29.2 Å². The van der Waals surface area contributed by atoms with E-state index in [0.29, 0.717) is 29.0 Å². The average molecular weight is 649 g/mol. The first kappa shape index (κ1) is 33.2. The number of aliphatic imine (C=N–C) groups is 1. The van der Waals surface area contributed by atoms with Crippen molar-refractivity contribution in [2.24, 2.45) is 4.99 Å². The van der Waals surface area contributed by atoms with Gasteiger partial charge in [-0.25, -0.2) is 13.2 Å². The minimum atomic E-state index is -4.07. The molecule has 11 nitrogen and oxygen atoms in total. The lowest BCUT2D eigenvalue weighted by molar-refractivity contribution is -0.131. The van der Waals surface area contributed by atoms with Crippen LogP contribution in [0.25, 0.3) is 11.1 Å². The number of amidine groups is 1. The number of aryl methyl sites for hydroxylation is 1. The number of sulfonamides is 1. The lowest BCUT2D eigenvalue weighted by Crippen LogP contribution is -2.40. The maximum atomic E-state index is 13.8. The predicted octanol–water partition coefficient (Wildman–Crippen LogP) is 6.12. The topological polar surface area (TPSA) is 128 Å². The third-order valence-electron chi connectivity index (χ3n) is 8.96. The Hall–Kier alpha value is -4.19. The normalized spacial score (nSPS) is 15.8. The fourth-order valence-electron chi connectivity index (χ4n) is 6.30. The van der Waals surface area contributed by atoms with Gasteiger partial charge in [-0.3, -0.25) is 19.4 Å². The number of aromatic nitrogens is 1. The van der Waals surface area contributed by atoms with Gasteiger partial charge in [0.25, 0.3) is 15.9 Å². The molecule has 1 aromatic heterocycles. The highest BCUT2D eigenvalue weighted by Gasteiger charge is 2.49. The van der Waals surface area contributed by atoms with Crippen LogP contribution in [-0.4, -0.2) is 72.7 Å². The summed E-state index contributed by atoms with van der Waals surface area (Å²) in [5.41, 5.74) is 2.74. The quantitative estimate of drug-likeness (QED) is 0.267. The van der Waals surface area contributed by atoms with Crippen molar-refractivity contribution in [2.45, 2.75) is 89.2 Å². The smallest absolute Gasteiger partial charge is 0.319 e. The van der Waals surface area contributed by atoms with Gasteiger partial charge >= 0.3 is 6.03 Å². The first-order chi connectivity index (χ1) is 21.9. The lowest BCUT2D eigenvalue weighted by atomic mass is 9.96. The summed E-state index contributed by atoms with van der Waals surface area (Å²) in [6.07, 6.45) is 6.28. The van der Waals surface area contributed by atoms with Crippen molar-refractivity contribution < 1.29 is 22.5 Å². The Morgan fingerprint density at radius 2 is 1.78 bits per heavy atom. The maximum absolute atomic E-state index is 13.8. The maximum Gasteiger partial charge on any atom is 0.319 e. The minimum absolute atomic E-state index is 0.0672. The number of hydrogen-bond acceptors (Lipinski definition) is 7. The van der Waals surface area contributed by atoms with Crippen LogP contribution in [0.5, 0.6) is 0 Å². The molecule has 1 aliphatic carbocycles. The van der Waals surface area contributed by atoms with E-state index in [1.54, 1.807) is 64.2 Å². The molecule has 2 aromatic carbocycles. The van der Waals surface area contributed by atoms with E-state index in [2.05, 4.69) is 16.8 Å². The van der Waals surface area contributed by atoms with E-state index in [1.807, 2.05) is 23.1 Å². The number of benzene rings is 2. The molecule has 1 spiro atoms. The highest BCUT2D eigenvalue weighted by atomic mass is 32.2. The molecule has 1 aliphatic heterocycles. The SMILES string of the molecule is CCCCC1=NC2(CCCC2)C(=O)N1Cc1ccc(-c2ccccc2S(=O)(=O)Nc2noc(C)c2C)c(CN(C)C(=O)N(C)C)c1. The number of carbonyl (C=O) groups is 2. The van der Waals surface area contributed by atoms with E-state index >= 15 is 0 Å². The van der Waals surface area contributed by atoms with Crippen LogP contribution >= 0.6 is 0 Å². The number of nitrogens with one attached hydrogen (secondary N) is 1. The molecule has 0 unspecified atom stereocenters. The Kier molecular flexibility index (Phi) is 9.57. The number of anilines is 1. The molecule has 1 saturated carbocycles. The molecule has 1 N–H and O–H groups in total. The fraction of sp³-hybridized carbons (Fsp3) is 0.471. The van der Waals surface area contributed by atoms with Crippen LogP contribution in [0.4, 0.5) is 10.6 Å². The number of carbonyl (C=O) groups excluding carboxylic acids is 2. The van der Waals surface area contributed by atoms with Crippen LogP contribution in [0.2, 0.25) is 0 Å². The molecule has 0 radical (unpaired) electrons. The molecule has 0 saturated heterocycles. The summed E-state index contributed by atoms with van der Waals surface area (Å²) in [4.78, 5) is 36.8. The molecule has 2 aliphatic rings. The van der Waals surface area contributed by atoms with Crippen LogP contribution in [0, 0.1) is 13.8 Å². The van der Waals surface area contributed by atoms with Gasteiger partial charge in [-0.2, -0.15) is 0 Å². The number of hydrogen-bond donors (Lipinski definition) is 1. The van der Waals surface area contributed by atoms with Gasteiger partial charge < -0.3 is 14.3 Å². The third kappa shape index (κ3) is 6.53. The first-order valence-corrected chi connectivity index (χ1v) is 17.3. The zero-order valence-corrected chi connectivity index (χ0v) is 28.4.